The van der Waals surface area contributed by atoms with E-state index in [1.165, 1.54) is 4.90 Å². The minimum Gasteiger partial charge on any atom is -0.466 e. The number of nitrogens with zero attached hydrogens (tertiary/aromatic N) is 1. The second-order valence-electron chi connectivity index (χ2n) is 7.33. The molecule has 6 atom stereocenters. The van der Waals surface area contributed by atoms with Gasteiger partial charge in [-0.2, -0.15) is 0 Å². The van der Waals surface area contributed by atoms with E-state index in [4.69, 9.17) is 9.47 Å². The van der Waals surface area contributed by atoms with Crippen LogP contribution < -0.4 is 5.32 Å². The smallest absolute Gasteiger partial charge is 0.312 e. The van der Waals surface area contributed by atoms with E-state index < -0.39 is 35.6 Å². The number of carbonyl (C=O) groups is 3. The van der Waals surface area contributed by atoms with E-state index in [9.17, 15) is 19.5 Å². The fraction of sp³-hybridized carbons (Fsp3) is 0.824. The Hall–Kier alpha value is -1.19. The molecule has 1 unspecified atom stereocenters. The zero-order valence-electron chi connectivity index (χ0n) is 15.1. The van der Waals surface area contributed by atoms with Crippen molar-refractivity contribution in [3.8, 4) is 0 Å². The largest absolute Gasteiger partial charge is 0.466 e. The van der Waals surface area contributed by atoms with Gasteiger partial charge in [-0.3, -0.25) is 14.4 Å². The summed E-state index contributed by atoms with van der Waals surface area (Å²) in [4.78, 5) is 39.8. The number of esters is 1. The van der Waals surface area contributed by atoms with Gasteiger partial charge in [0, 0.05) is 17.4 Å². The molecule has 2 bridgehead atoms. The van der Waals surface area contributed by atoms with E-state index in [-0.39, 0.29) is 42.4 Å². The van der Waals surface area contributed by atoms with Crippen molar-refractivity contribution in [3.63, 3.8) is 0 Å². The number of hydrogen-bond acceptors (Lipinski definition) is 6. The van der Waals surface area contributed by atoms with Gasteiger partial charge in [0.25, 0.3) is 0 Å². The lowest BCUT2D eigenvalue weighted by atomic mass is 9.70. The minimum absolute atomic E-state index is 0.0176. The number of likely N-dealkylation sites (tertiary alicyclic amines) is 1. The molecule has 0 saturated carbocycles. The predicted octanol–water partition coefficient (Wildman–Crippen LogP) is -0.186. The molecule has 2 amide bonds. The van der Waals surface area contributed by atoms with E-state index in [2.05, 4.69) is 21.2 Å². The number of fused-ring (bicyclic) bond motifs is 1. The number of aliphatic hydroxyl groups excluding tert-OH is 1. The molecular weight excluding hydrogens is 408 g/mol. The van der Waals surface area contributed by atoms with Crippen LogP contribution in [0, 0.1) is 11.8 Å². The Balaban J connectivity index is 2.02. The molecule has 3 rings (SSSR count). The van der Waals surface area contributed by atoms with Crippen LogP contribution in [0.3, 0.4) is 0 Å². The summed E-state index contributed by atoms with van der Waals surface area (Å²) in [5.41, 5.74) is -1.08. The van der Waals surface area contributed by atoms with Crippen molar-refractivity contribution in [1.82, 2.24) is 10.2 Å². The molecule has 0 aromatic rings. The number of ether oxygens (including phenoxy) is 2. The lowest BCUT2D eigenvalue weighted by molar-refractivity contribution is -0.154. The van der Waals surface area contributed by atoms with Gasteiger partial charge in [-0.25, -0.2) is 0 Å². The highest BCUT2D eigenvalue weighted by Crippen LogP contribution is 2.60. The summed E-state index contributed by atoms with van der Waals surface area (Å²) < 4.78 is 11.4. The molecule has 0 aromatic heterocycles. The molecule has 26 heavy (non-hydrogen) atoms. The summed E-state index contributed by atoms with van der Waals surface area (Å²) in [6.07, 6.45) is -0.0594. The number of halogens is 1. The molecule has 3 aliphatic rings. The van der Waals surface area contributed by atoms with Crippen LogP contribution in [0.1, 0.15) is 27.2 Å². The van der Waals surface area contributed by atoms with Crippen LogP contribution in [0.4, 0.5) is 0 Å². The van der Waals surface area contributed by atoms with Crippen molar-refractivity contribution in [1.29, 1.82) is 0 Å². The van der Waals surface area contributed by atoms with E-state index in [1.54, 1.807) is 6.92 Å². The summed E-state index contributed by atoms with van der Waals surface area (Å²) in [6.45, 7) is 5.33. The Kier molecular flexibility index (Phi) is 5.33. The van der Waals surface area contributed by atoms with Crippen LogP contribution >= 0.6 is 15.9 Å². The SMILES string of the molecule is CCOC(=O)[C@H]1[C@@H]2O[C@@]3(CC2Br)[C@@H]1C(=O)N(CCO)[C@@H]3C(=O)NC(C)C. The first-order valence-corrected chi connectivity index (χ1v) is 9.90. The number of alkyl halides is 1. The van der Waals surface area contributed by atoms with Crippen LogP contribution in [0.15, 0.2) is 0 Å². The molecule has 0 aromatic carbocycles. The third kappa shape index (κ3) is 2.75. The molecule has 3 aliphatic heterocycles. The Morgan fingerprint density at radius 3 is 2.77 bits per heavy atom. The van der Waals surface area contributed by atoms with Crippen molar-refractivity contribution in [2.24, 2.45) is 11.8 Å². The maximum absolute atomic E-state index is 13.1. The number of β-amino-alcohol motifs (C(OH)–C–C–N with tert-alkyl or cyclic N) is 1. The number of aliphatic hydroxyl groups is 1. The fourth-order valence-corrected chi connectivity index (χ4v) is 5.59. The first-order chi connectivity index (χ1) is 12.3. The first-order valence-electron chi connectivity index (χ1n) is 8.98. The number of nitrogens with one attached hydrogen (secondary N) is 1. The molecule has 8 nitrogen and oxygen atoms in total. The van der Waals surface area contributed by atoms with Crippen LogP contribution in [0.25, 0.3) is 0 Å². The Bertz CT molecular complexity index is 614. The first kappa shape index (κ1) is 19.6. The molecule has 0 aliphatic carbocycles. The van der Waals surface area contributed by atoms with Gasteiger partial charge in [0.1, 0.15) is 11.6 Å². The van der Waals surface area contributed by atoms with Crippen LogP contribution in [-0.4, -0.2) is 76.2 Å². The summed E-state index contributed by atoms with van der Waals surface area (Å²) >= 11 is 3.55. The second-order valence-corrected chi connectivity index (χ2v) is 8.51. The standard InChI is InChI=1S/C17H25BrN2O6/c1-4-25-16(24)10-11-15(23)20(5-6-21)13(14(22)19-8(2)3)17(11)7-9(18)12(10)26-17/h8-13,21H,4-7H2,1-3H3,(H,19,22)/t9?,10-,11+,12-,13-,17+/m1/s1. The maximum atomic E-state index is 13.1. The Labute approximate surface area is 160 Å². The number of hydrogen-bond donors (Lipinski definition) is 2. The lowest BCUT2D eigenvalue weighted by Gasteiger charge is -2.34. The van der Waals surface area contributed by atoms with Gasteiger partial charge in [-0.05, 0) is 27.2 Å². The summed E-state index contributed by atoms with van der Waals surface area (Å²) in [5, 5.41) is 12.2. The van der Waals surface area contributed by atoms with Crippen LogP contribution in [0.2, 0.25) is 0 Å². The number of carbonyl (C=O) groups excluding carboxylic acids is 3. The third-order valence-corrected chi connectivity index (χ3v) is 6.21. The van der Waals surface area contributed by atoms with Gasteiger partial charge in [0.15, 0.2) is 0 Å². The highest BCUT2D eigenvalue weighted by atomic mass is 79.9. The normalized spacial score (nSPS) is 38.0. The van der Waals surface area contributed by atoms with E-state index in [1.807, 2.05) is 13.8 Å². The molecule has 3 saturated heterocycles. The Morgan fingerprint density at radius 2 is 2.19 bits per heavy atom. The number of rotatable bonds is 6. The summed E-state index contributed by atoms with van der Waals surface area (Å²) in [6, 6.07) is -0.984. The lowest BCUT2D eigenvalue weighted by Crippen LogP contribution is -2.57. The van der Waals surface area contributed by atoms with Crippen molar-refractivity contribution in [3.05, 3.63) is 0 Å². The maximum Gasteiger partial charge on any atom is 0.312 e. The van der Waals surface area contributed by atoms with Crippen LogP contribution in [0.5, 0.6) is 0 Å². The summed E-state index contributed by atoms with van der Waals surface area (Å²) in [5.74, 6) is -2.65. The molecule has 146 valence electrons. The molecule has 3 heterocycles. The zero-order valence-corrected chi connectivity index (χ0v) is 16.7. The molecule has 1 spiro atoms. The van der Waals surface area contributed by atoms with Gasteiger partial charge in [-0.1, -0.05) is 15.9 Å². The van der Waals surface area contributed by atoms with E-state index in [0.717, 1.165) is 0 Å². The Morgan fingerprint density at radius 1 is 1.50 bits per heavy atom. The summed E-state index contributed by atoms with van der Waals surface area (Å²) in [7, 11) is 0. The van der Waals surface area contributed by atoms with Gasteiger partial charge >= 0.3 is 5.97 Å². The zero-order chi connectivity index (χ0) is 19.2. The van der Waals surface area contributed by atoms with E-state index >= 15 is 0 Å². The quantitative estimate of drug-likeness (QED) is 0.445. The van der Waals surface area contributed by atoms with E-state index in [0.29, 0.717) is 6.42 Å². The highest BCUT2D eigenvalue weighted by molar-refractivity contribution is 9.09. The molecule has 9 heteroatoms. The van der Waals surface area contributed by atoms with Crippen molar-refractivity contribution >= 4 is 33.7 Å². The average molecular weight is 433 g/mol. The van der Waals surface area contributed by atoms with Crippen molar-refractivity contribution < 1.29 is 29.0 Å². The van der Waals surface area contributed by atoms with Crippen molar-refractivity contribution in [2.75, 3.05) is 19.8 Å². The van der Waals surface area contributed by atoms with Crippen LogP contribution in [-0.2, 0) is 23.9 Å². The molecule has 0 radical (unpaired) electrons. The fourth-order valence-electron chi connectivity index (χ4n) is 4.65. The van der Waals surface area contributed by atoms with Gasteiger partial charge in [0.2, 0.25) is 11.8 Å². The monoisotopic (exact) mass is 432 g/mol. The van der Waals surface area contributed by atoms with Gasteiger partial charge in [-0.15, -0.1) is 0 Å². The molecule has 3 fully saturated rings. The molecular formula is C17H25BrN2O6. The highest BCUT2D eigenvalue weighted by Gasteiger charge is 2.76. The van der Waals surface area contributed by atoms with Gasteiger partial charge < -0.3 is 24.8 Å². The molecule has 2 N–H and O–H groups in total. The average Bonchev–Trinajstić information content (AvgIpc) is 3.12. The third-order valence-electron chi connectivity index (χ3n) is 5.37. The van der Waals surface area contributed by atoms with Gasteiger partial charge in [0.05, 0.1) is 31.2 Å². The minimum atomic E-state index is -1.08. The predicted molar refractivity (Wildman–Crippen MR) is 94.4 cm³/mol. The topological polar surface area (TPSA) is 105 Å². The number of amides is 2. The second kappa shape index (κ2) is 7.09. The van der Waals surface area contributed by atoms with Crippen molar-refractivity contribution in [2.45, 2.75) is 55.8 Å².